The van der Waals surface area contributed by atoms with Gasteiger partial charge in [0.2, 0.25) is 0 Å². The van der Waals surface area contributed by atoms with E-state index in [0.717, 1.165) is 23.8 Å². The summed E-state index contributed by atoms with van der Waals surface area (Å²) in [5.74, 6) is 0.0692. The third kappa shape index (κ3) is 3.53. The van der Waals surface area contributed by atoms with Crippen LogP contribution in [0.4, 0.5) is 0 Å². The van der Waals surface area contributed by atoms with E-state index in [9.17, 15) is 0 Å². The second-order valence-corrected chi connectivity index (χ2v) is 4.08. The molecule has 0 aliphatic rings. The first kappa shape index (κ1) is 10.2. The average Bonchev–Trinajstić information content (AvgIpc) is 2.51. The van der Waals surface area contributed by atoms with Crippen molar-refractivity contribution in [2.75, 3.05) is 6.54 Å². The van der Waals surface area contributed by atoms with Gasteiger partial charge in [-0.1, -0.05) is 0 Å². The SMILES string of the molecule is Cc1nc(CNCC(C)C#N)cs1. The molecule has 1 atom stereocenters. The number of nitrogens with one attached hydrogen (secondary N) is 1. The van der Waals surface area contributed by atoms with Crippen molar-refractivity contribution < 1.29 is 0 Å². The van der Waals surface area contributed by atoms with Gasteiger partial charge in [0.05, 0.1) is 22.7 Å². The Hall–Kier alpha value is -0.920. The zero-order chi connectivity index (χ0) is 9.68. The average molecular weight is 195 g/mol. The first-order valence-electron chi connectivity index (χ1n) is 4.23. The number of hydrogen-bond acceptors (Lipinski definition) is 4. The molecule has 1 unspecified atom stereocenters. The zero-order valence-electron chi connectivity index (χ0n) is 7.87. The topological polar surface area (TPSA) is 48.7 Å². The predicted molar refractivity (Wildman–Crippen MR) is 53.3 cm³/mol. The summed E-state index contributed by atoms with van der Waals surface area (Å²) in [5, 5.41) is 14.8. The monoisotopic (exact) mass is 195 g/mol. The molecular formula is C9H13N3S. The van der Waals surface area contributed by atoms with Crippen molar-refractivity contribution in [3.63, 3.8) is 0 Å². The highest BCUT2D eigenvalue weighted by Crippen LogP contribution is 2.07. The molecular weight excluding hydrogens is 182 g/mol. The lowest BCUT2D eigenvalue weighted by molar-refractivity contribution is 0.596. The first-order valence-corrected chi connectivity index (χ1v) is 5.11. The Kier molecular flexibility index (Phi) is 3.87. The number of nitrogens with zero attached hydrogens (tertiary/aromatic N) is 2. The zero-order valence-corrected chi connectivity index (χ0v) is 8.69. The fourth-order valence-electron chi connectivity index (χ4n) is 0.952. The Labute approximate surface area is 82.4 Å². The minimum atomic E-state index is 0.0692. The van der Waals surface area contributed by atoms with Crippen molar-refractivity contribution in [3.05, 3.63) is 16.1 Å². The molecule has 0 fully saturated rings. The molecule has 0 aliphatic heterocycles. The lowest BCUT2D eigenvalue weighted by Gasteiger charge is -2.02. The molecule has 1 aromatic rings. The molecule has 3 nitrogen and oxygen atoms in total. The normalized spacial score (nSPS) is 12.4. The molecule has 13 heavy (non-hydrogen) atoms. The number of hydrogen-bond donors (Lipinski definition) is 1. The van der Waals surface area contributed by atoms with Crippen LogP contribution in [0.3, 0.4) is 0 Å². The van der Waals surface area contributed by atoms with E-state index in [1.54, 1.807) is 11.3 Å². The molecule has 1 rings (SSSR count). The second-order valence-electron chi connectivity index (χ2n) is 3.02. The van der Waals surface area contributed by atoms with Crippen molar-refractivity contribution in [3.8, 4) is 6.07 Å². The molecule has 1 heterocycles. The summed E-state index contributed by atoms with van der Waals surface area (Å²) in [5.41, 5.74) is 1.06. The molecule has 0 radical (unpaired) electrons. The van der Waals surface area contributed by atoms with Crippen molar-refractivity contribution in [1.82, 2.24) is 10.3 Å². The van der Waals surface area contributed by atoms with Gasteiger partial charge in [0.1, 0.15) is 0 Å². The van der Waals surface area contributed by atoms with Crippen LogP contribution in [0.15, 0.2) is 5.38 Å². The van der Waals surface area contributed by atoms with Gasteiger partial charge in [-0.3, -0.25) is 0 Å². The van der Waals surface area contributed by atoms with Crippen LogP contribution in [0.5, 0.6) is 0 Å². The number of nitriles is 1. The van der Waals surface area contributed by atoms with E-state index in [1.807, 2.05) is 19.2 Å². The van der Waals surface area contributed by atoms with E-state index in [2.05, 4.69) is 16.4 Å². The summed E-state index contributed by atoms with van der Waals surface area (Å²) in [6, 6.07) is 2.18. The van der Waals surface area contributed by atoms with Crippen LogP contribution in [0, 0.1) is 24.2 Å². The summed E-state index contributed by atoms with van der Waals surface area (Å²) in [6.07, 6.45) is 0. The Morgan fingerprint density at radius 3 is 3.08 bits per heavy atom. The third-order valence-corrected chi connectivity index (χ3v) is 2.47. The Morgan fingerprint density at radius 1 is 1.77 bits per heavy atom. The highest BCUT2D eigenvalue weighted by molar-refractivity contribution is 7.09. The molecule has 0 amide bonds. The molecule has 1 N–H and O–H groups in total. The van der Waals surface area contributed by atoms with Crippen LogP contribution in [-0.4, -0.2) is 11.5 Å². The van der Waals surface area contributed by atoms with Gasteiger partial charge in [0, 0.05) is 18.5 Å². The molecule has 0 spiro atoms. The Balaban J connectivity index is 2.25. The molecule has 0 saturated carbocycles. The maximum atomic E-state index is 8.53. The van der Waals surface area contributed by atoms with Crippen LogP contribution in [0.2, 0.25) is 0 Å². The van der Waals surface area contributed by atoms with Gasteiger partial charge in [0.15, 0.2) is 0 Å². The number of thiazole rings is 1. The maximum absolute atomic E-state index is 8.53. The molecule has 0 aliphatic carbocycles. The largest absolute Gasteiger partial charge is 0.310 e. The van der Waals surface area contributed by atoms with E-state index in [-0.39, 0.29) is 5.92 Å². The smallest absolute Gasteiger partial charge is 0.0897 e. The molecule has 0 aromatic carbocycles. The van der Waals surface area contributed by atoms with Crippen molar-refractivity contribution in [2.45, 2.75) is 20.4 Å². The Bertz CT molecular complexity index is 300. The van der Waals surface area contributed by atoms with Crippen LogP contribution < -0.4 is 5.32 Å². The van der Waals surface area contributed by atoms with Gasteiger partial charge in [-0.05, 0) is 13.8 Å². The van der Waals surface area contributed by atoms with Gasteiger partial charge in [-0.25, -0.2) is 4.98 Å². The summed E-state index contributed by atoms with van der Waals surface area (Å²) >= 11 is 1.65. The van der Waals surface area contributed by atoms with Gasteiger partial charge in [-0.15, -0.1) is 11.3 Å². The lowest BCUT2D eigenvalue weighted by Crippen LogP contribution is -2.19. The number of rotatable bonds is 4. The van der Waals surface area contributed by atoms with Crippen LogP contribution in [0.1, 0.15) is 17.6 Å². The van der Waals surface area contributed by atoms with Gasteiger partial charge in [-0.2, -0.15) is 5.26 Å². The number of aryl methyl sites for hydroxylation is 1. The summed E-state index contributed by atoms with van der Waals surface area (Å²) in [6.45, 7) is 5.38. The first-order chi connectivity index (χ1) is 6.22. The highest BCUT2D eigenvalue weighted by atomic mass is 32.1. The summed E-state index contributed by atoms with van der Waals surface area (Å²) < 4.78 is 0. The fourth-order valence-corrected chi connectivity index (χ4v) is 1.56. The van der Waals surface area contributed by atoms with Crippen molar-refractivity contribution in [2.24, 2.45) is 5.92 Å². The predicted octanol–water partition coefficient (Wildman–Crippen LogP) is 1.70. The summed E-state index contributed by atoms with van der Waals surface area (Å²) in [7, 11) is 0. The minimum Gasteiger partial charge on any atom is -0.310 e. The van der Waals surface area contributed by atoms with Gasteiger partial charge >= 0.3 is 0 Å². The maximum Gasteiger partial charge on any atom is 0.0897 e. The Morgan fingerprint density at radius 2 is 2.54 bits per heavy atom. The molecule has 0 bridgehead atoms. The van der Waals surface area contributed by atoms with E-state index in [0.29, 0.717) is 0 Å². The van der Waals surface area contributed by atoms with Gasteiger partial charge in [0.25, 0.3) is 0 Å². The van der Waals surface area contributed by atoms with Crippen LogP contribution in [-0.2, 0) is 6.54 Å². The van der Waals surface area contributed by atoms with Crippen molar-refractivity contribution in [1.29, 1.82) is 5.26 Å². The van der Waals surface area contributed by atoms with E-state index in [1.165, 1.54) is 0 Å². The van der Waals surface area contributed by atoms with E-state index in [4.69, 9.17) is 5.26 Å². The molecule has 1 aromatic heterocycles. The quantitative estimate of drug-likeness (QED) is 0.795. The van der Waals surface area contributed by atoms with Crippen LogP contribution >= 0.6 is 11.3 Å². The standard InChI is InChI=1S/C9H13N3S/c1-7(3-10)4-11-5-9-6-13-8(2)12-9/h6-7,11H,4-5H2,1-2H3. The highest BCUT2D eigenvalue weighted by Gasteiger charge is 2.00. The third-order valence-electron chi connectivity index (χ3n) is 1.64. The molecule has 4 heteroatoms. The second kappa shape index (κ2) is 4.95. The fraction of sp³-hybridized carbons (Fsp3) is 0.556. The van der Waals surface area contributed by atoms with Crippen molar-refractivity contribution >= 4 is 11.3 Å². The lowest BCUT2D eigenvalue weighted by atomic mass is 10.2. The van der Waals surface area contributed by atoms with Gasteiger partial charge < -0.3 is 5.32 Å². The molecule has 0 saturated heterocycles. The van der Waals surface area contributed by atoms with Crippen LogP contribution in [0.25, 0.3) is 0 Å². The summed E-state index contributed by atoms with van der Waals surface area (Å²) in [4.78, 5) is 4.31. The van der Waals surface area contributed by atoms with E-state index >= 15 is 0 Å². The molecule has 70 valence electrons. The minimum absolute atomic E-state index is 0.0692. The van der Waals surface area contributed by atoms with E-state index < -0.39 is 0 Å². The number of aromatic nitrogens is 1.